The Morgan fingerprint density at radius 1 is 1.31 bits per heavy atom. The van der Waals surface area contributed by atoms with Crippen LogP contribution in [0.3, 0.4) is 0 Å². The molecule has 0 aromatic rings. The maximum Gasteiger partial charge on any atom is 0.216 e. The standard InChI is InChI=1S/C20H33ClN4O3S/c1-14(2)29(26,27)25-12-18(13-25)28-8-5-16-9-19(16)15-3-6-24(7-4-15)20-22-10-17(21)11-23-20/h10,14-16,18-19H,3-9,11-13H2,1-2H3,(H,22,23)/t16-,19-/m1/s1. The molecule has 2 atom stereocenters. The summed E-state index contributed by atoms with van der Waals surface area (Å²) in [5, 5.41) is 3.70. The highest BCUT2D eigenvalue weighted by atomic mass is 35.5. The van der Waals surface area contributed by atoms with E-state index in [2.05, 4.69) is 15.2 Å². The summed E-state index contributed by atoms with van der Waals surface area (Å²) < 4.78 is 31.6. The quantitative estimate of drug-likeness (QED) is 0.651. The minimum Gasteiger partial charge on any atom is -0.375 e. The van der Waals surface area contributed by atoms with Crippen LogP contribution in [0.1, 0.15) is 39.5 Å². The van der Waals surface area contributed by atoms with Crippen molar-refractivity contribution in [2.75, 3.05) is 39.3 Å². The maximum atomic E-state index is 12.1. The summed E-state index contributed by atoms with van der Waals surface area (Å²) in [6, 6.07) is 0. The Morgan fingerprint density at radius 3 is 2.66 bits per heavy atom. The first-order valence-electron chi connectivity index (χ1n) is 10.9. The van der Waals surface area contributed by atoms with E-state index in [0.29, 0.717) is 19.6 Å². The van der Waals surface area contributed by atoms with Crippen LogP contribution in [0.5, 0.6) is 0 Å². The lowest BCUT2D eigenvalue weighted by Crippen LogP contribution is -2.56. The van der Waals surface area contributed by atoms with E-state index in [1.54, 1.807) is 24.4 Å². The number of nitrogens with one attached hydrogen (secondary N) is 1. The molecule has 3 fully saturated rings. The van der Waals surface area contributed by atoms with Crippen molar-refractivity contribution >= 4 is 27.6 Å². The zero-order valence-electron chi connectivity index (χ0n) is 17.4. The second-order valence-electron chi connectivity index (χ2n) is 9.06. The Morgan fingerprint density at radius 2 is 2.03 bits per heavy atom. The van der Waals surface area contributed by atoms with Gasteiger partial charge in [0.2, 0.25) is 10.0 Å². The van der Waals surface area contributed by atoms with E-state index in [9.17, 15) is 8.42 Å². The van der Waals surface area contributed by atoms with E-state index in [1.165, 1.54) is 19.3 Å². The van der Waals surface area contributed by atoms with Gasteiger partial charge >= 0.3 is 0 Å². The third kappa shape index (κ3) is 4.92. The number of nitrogens with zero attached hydrogens (tertiary/aromatic N) is 3. The fourth-order valence-corrected chi connectivity index (χ4v) is 6.16. The van der Waals surface area contributed by atoms with Gasteiger partial charge in [0.25, 0.3) is 0 Å². The van der Waals surface area contributed by atoms with Crippen LogP contribution in [0.4, 0.5) is 0 Å². The van der Waals surface area contributed by atoms with Gasteiger partial charge in [-0.25, -0.2) is 13.4 Å². The van der Waals surface area contributed by atoms with Crippen LogP contribution >= 0.6 is 11.6 Å². The highest BCUT2D eigenvalue weighted by molar-refractivity contribution is 7.89. The van der Waals surface area contributed by atoms with E-state index in [0.717, 1.165) is 54.9 Å². The first kappa shape index (κ1) is 21.4. The number of rotatable bonds is 7. The zero-order valence-corrected chi connectivity index (χ0v) is 19.0. The molecule has 0 radical (unpaired) electrons. The van der Waals surface area contributed by atoms with Crippen molar-refractivity contribution in [1.82, 2.24) is 14.5 Å². The van der Waals surface area contributed by atoms with Gasteiger partial charge in [-0.3, -0.25) is 0 Å². The molecule has 1 N–H and O–H groups in total. The number of likely N-dealkylation sites (tertiary alicyclic amines) is 1. The molecule has 1 saturated carbocycles. The molecular formula is C20H33ClN4O3S. The SMILES string of the molecule is CC(C)S(=O)(=O)N1CC(OCC[C@@H]2C[C@@H]2C2CCN(C3=NC=C(Cl)CN3)CC2)C1. The molecule has 164 valence electrons. The third-order valence-corrected chi connectivity index (χ3v) is 9.22. The molecule has 4 aliphatic rings. The van der Waals surface area contributed by atoms with Crippen LogP contribution in [0.25, 0.3) is 0 Å². The molecule has 1 aliphatic carbocycles. The molecule has 0 aromatic carbocycles. The average Bonchev–Trinajstić information content (AvgIpc) is 3.43. The number of hydrogen-bond acceptors (Lipinski definition) is 6. The summed E-state index contributed by atoms with van der Waals surface area (Å²) in [6.07, 6.45) is 6.71. The molecule has 0 amide bonds. The van der Waals surface area contributed by atoms with Gasteiger partial charge in [0.15, 0.2) is 5.96 Å². The topological polar surface area (TPSA) is 74.2 Å². The Hall–Kier alpha value is -0.830. The molecular weight excluding hydrogens is 412 g/mol. The number of aliphatic imine (C=N–C) groups is 1. The lowest BCUT2D eigenvalue weighted by Gasteiger charge is -2.38. The van der Waals surface area contributed by atoms with Crippen LogP contribution < -0.4 is 5.32 Å². The van der Waals surface area contributed by atoms with Gasteiger partial charge in [-0.15, -0.1) is 0 Å². The molecule has 0 unspecified atom stereocenters. The van der Waals surface area contributed by atoms with Crippen molar-refractivity contribution in [2.45, 2.75) is 50.9 Å². The summed E-state index contributed by atoms with van der Waals surface area (Å²) in [5.41, 5.74) is 0. The summed E-state index contributed by atoms with van der Waals surface area (Å²) in [7, 11) is -3.11. The van der Waals surface area contributed by atoms with Crippen LogP contribution in [-0.2, 0) is 14.8 Å². The van der Waals surface area contributed by atoms with E-state index in [1.807, 2.05) is 0 Å². The van der Waals surface area contributed by atoms with E-state index in [-0.39, 0.29) is 11.4 Å². The summed E-state index contributed by atoms with van der Waals surface area (Å²) >= 11 is 5.96. The number of ether oxygens (including phenoxy) is 1. The van der Waals surface area contributed by atoms with Crippen LogP contribution in [0.15, 0.2) is 16.2 Å². The molecule has 2 saturated heterocycles. The zero-order chi connectivity index (χ0) is 20.6. The molecule has 29 heavy (non-hydrogen) atoms. The van der Waals surface area contributed by atoms with E-state index < -0.39 is 10.0 Å². The number of hydrogen-bond donors (Lipinski definition) is 1. The van der Waals surface area contributed by atoms with Gasteiger partial charge in [0, 0.05) is 39.0 Å². The van der Waals surface area contributed by atoms with Crippen molar-refractivity contribution in [1.29, 1.82) is 0 Å². The molecule has 3 aliphatic heterocycles. The third-order valence-electron chi connectivity index (χ3n) is 6.78. The number of piperidine rings is 1. The van der Waals surface area contributed by atoms with Gasteiger partial charge in [-0.1, -0.05) is 11.6 Å². The van der Waals surface area contributed by atoms with Gasteiger partial charge in [-0.2, -0.15) is 4.31 Å². The minimum atomic E-state index is -3.11. The molecule has 3 heterocycles. The molecule has 4 rings (SSSR count). The summed E-state index contributed by atoms with van der Waals surface area (Å²) in [4.78, 5) is 6.75. The number of guanidine groups is 1. The van der Waals surface area contributed by atoms with Crippen molar-refractivity contribution in [3.63, 3.8) is 0 Å². The maximum absolute atomic E-state index is 12.1. The summed E-state index contributed by atoms with van der Waals surface area (Å²) in [6.45, 7) is 8.05. The highest BCUT2D eigenvalue weighted by Crippen LogP contribution is 2.49. The van der Waals surface area contributed by atoms with Gasteiger partial charge < -0.3 is 15.0 Å². The lowest BCUT2D eigenvalue weighted by atomic mass is 9.90. The molecule has 0 spiro atoms. The first-order valence-corrected chi connectivity index (χ1v) is 12.7. The fraction of sp³-hybridized carbons (Fsp3) is 0.850. The minimum absolute atomic E-state index is 0.0790. The number of halogens is 1. The fourth-order valence-electron chi connectivity index (χ4n) is 4.70. The molecule has 0 bridgehead atoms. The predicted molar refractivity (Wildman–Crippen MR) is 115 cm³/mol. The molecule has 9 heteroatoms. The van der Waals surface area contributed by atoms with Crippen molar-refractivity contribution in [3.05, 3.63) is 11.2 Å². The van der Waals surface area contributed by atoms with Gasteiger partial charge in [-0.05, 0) is 57.3 Å². The normalized spacial score (nSPS) is 29.3. The highest BCUT2D eigenvalue weighted by Gasteiger charge is 2.44. The predicted octanol–water partition coefficient (Wildman–Crippen LogP) is 2.20. The second kappa shape index (κ2) is 8.73. The van der Waals surface area contributed by atoms with Crippen LogP contribution in [-0.4, -0.2) is 74.3 Å². The first-order chi connectivity index (χ1) is 13.8. The smallest absolute Gasteiger partial charge is 0.216 e. The Bertz CT molecular complexity index is 756. The van der Waals surface area contributed by atoms with Crippen LogP contribution in [0, 0.1) is 17.8 Å². The van der Waals surface area contributed by atoms with Gasteiger partial charge in [0.05, 0.1) is 22.9 Å². The summed E-state index contributed by atoms with van der Waals surface area (Å²) in [5.74, 6) is 3.40. The van der Waals surface area contributed by atoms with E-state index >= 15 is 0 Å². The number of sulfonamides is 1. The Labute approximate surface area is 179 Å². The van der Waals surface area contributed by atoms with E-state index in [4.69, 9.17) is 16.3 Å². The Kier molecular flexibility index (Phi) is 6.44. The van der Waals surface area contributed by atoms with Crippen molar-refractivity contribution in [3.8, 4) is 0 Å². The Balaban J connectivity index is 1.10. The van der Waals surface area contributed by atoms with Gasteiger partial charge in [0.1, 0.15) is 0 Å². The molecule has 0 aromatic heterocycles. The average molecular weight is 445 g/mol. The van der Waals surface area contributed by atoms with Crippen molar-refractivity contribution < 1.29 is 13.2 Å². The van der Waals surface area contributed by atoms with Crippen LogP contribution in [0.2, 0.25) is 0 Å². The molecule has 7 nitrogen and oxygen atoms in total. The largest absolute Gasteiger partial charge is 0.375 e. The van der Waals surface area contributed by atoms with Crippen molar-refractivity contribution in [2.24, 2.45) is 22.7 Å². The second-order valence-corrected chi connectivity index (χ2v) is 12.0. The lowest BCUT2D eigenvalue weighted by molar-refractivity contribution is -0.0228. The monoisotopic (exact) mass is 444 g/mol.